The largest absolute Gasteiger partial charge is 0.436 e. The second-order valence-corrected chi connectivity index (χ2v) is 12.3. The second kappa shape index (κ2) is 10.9. The Kier molecular flexibility index (Phi) is 6.11. The number of pyridine rings is 3. The monoisotopic (exact) mass is 626 g/mol. The Balaban J connectivity index is 1.02. The molecule has 0 aliphatic heterocycles. The summed E-state index contributed by atoms with van der Waals surface area (Å²) >= 11 is 0. The molecule has 0 aliphatic carbocycles. The lowest BCUT2D eigenvalue weighted by Crippen LogP contribution is -1.91. The molecule has 6 aromatic carbocycles. The molecule has 4 aromatic heterocycles. The molecule has 10 rings (SSSR count). The zero-order valence-corrected chi connectivity index (χ0v) is 26.2. The van der Waals surface area contributed by atoms with Gasteiger partial charge in [0.05, 0.1) is 27.9 Å². The number of nitrogens with zero attached hydrogens (tertiary/aromatic N) is 4. The van der Waals surface area contributed by atoms with Crippen molar-refractivity contribution < 1.29 is 4.42 Å². The number of rotatable bonds is 4. The fraction of sp³-hybridized carbons (Fsp3) is 0. The van der Waals surface area contributed by atoms with Crippen molar-refractivity contribution >= 4 is 54.6 Å². The van der Waals surface area contributed by atoms with Gasteiger partial charge in [0.25, 0.3) is 0 Å². The van der Waals surface area contributed by atoms with Crippen molar-refractivity contribution in [3.05, 3.63) is 158 Å². The maximum absolute atomic E-state index is 6.26. The first-order chi connectivity index (χ1) is 24.3. The standard InChI is InChI=1S/C44H26N4O/c1-2-7-33(8-3-1)44-48-43-38(49-44)25-23-35-39(43)34-10-4-5-11-37(34)47-40(35)31-18-14-28(15-19-31)27-12-16-29(17-13-27)36-24-22-32-21-20-30-9-6-26-45-41(30)42(32)46-36/h1-26H. The molecule has 0 radical (unpaired) electrons. The molecule has 0 saturated heterocycles. The number of fused-ring (bicyclic) bond motifs is 8. The van der Waals surface area contributed by atoms with Crippen LogP contribution in [-0.4, -0.2) is 19.9 Å². The van der Waals surface area contributed by atoms with Crippen LogP contribution >= 0.6 is 0 Å². The molecule has 5 heteroatoms. The van der Waals surface area contributed by atoms with Crippen LogP contribution in [0.25, 0.3) is 99.7 Å². The first kappa shape index (κ1) is 27.4. The van der Waals surface area contributed by atoms with E-state index < -0.39 is 0 Å². The fourth-order valence-electron chi connectivity index (χ4n) is 6.89. The molecule has 4 heterocycles. The molecular weight excluding hydrogens is 601 g/mol. The van der Waals surface area contributed by atoms with Crippen LogP contribution in [0.2, 0.25) is 0 Å². The van der Waals surface area contributed by atoms with Gasteiger partial charge in [0, 0.05) is 49.8 Å². The highest BCUT2D eigenvalue weighted by Crippen LogP contribution is 2.39. The molecule has 0 fully saturated rings. The lowest BCUT2D eigenvalue weighted by atomic mass is 9.97. The Morgan fingerprint density at radius 2 is 1.10 bits per heavy atom. The van der Waals surface area contributed by atoms with Crippen molar-refractivity contribution in [3.63, 3.8) is 0 Å². The quantitative estimate of drug-likeness (QED) is 0.182. The highest BCUT2D eigenvalue weighted by Gasteiger charge is 2.17. The molecule has 0 bridgehead atoms. The average molecular weight is 627 g/mol. The molecule has 0 unspecified atom stereocenters. The summed E-state index contributed by atoms with van der Waals surface area (Å²) in [5.74, 6) is 0.614. The summed E-state index contributed by atoms with van der Waals surface area (Å²) in [4.78, 5) is 19.8. The van der Waals surface area contributed by atoms with E-state index in [2.05, 4.69) is 108 Å². The maximum Gasteiger partial charge on any atom is 0.227 e. The van der Waals surface area contributed by atoms with Crippen LogP contribution < -0.4 is 0 Å². The predicted molar refractivity (Wildman–Crippen MR) is 199 cm³/mol. The molecule has 0 aliphatic rings. The zero-order valence-electron chi connectivity index (χ0n) is 26.2. The number of para-hydroxylation sites is 1. The van der Waals surface area contributed by atoms with E-state index >= 15 is 0 Å². The van der Waals surface area contributed by atoms with Gasteiger partial charge in [-0.2, -0.15) is 0 Å². The van der Waals surface area contributed by atoms with Gasteiger partial charge in [0.15, 0.2) is 5.58 Å². The molecule has 49 heavy (non-hydrogen) atoms. The average Bonchev–Trinajstić information content (AvgIpc) is 3.63. The van der Waals surface area contributed by atoms with E-state index in [1.165, 1.54) is 0 Å². The summed E-state index contributed by atoms with van der Waals surface area (Å²) in [7, 11) is 0. The number of oxazole rings is 1. The maximum atomic E-state index is 6.26. The Morgan fingerprint density at radius 3 is 1.92 bits per heavy atom. The van der Waals surface area contributed by atoms with Crippen molar-refractivity contribution in [1.29, 1.82) is 0 Å². The summed E-state index contributed by atoms with van der Waals surface area (Å²) in [6.45, 7) is 0. The predicted octanol–water partition coefficient (Wildman–Crippen LogP) is 11.3. The molecule has 0 amide bonds. The summed E-state index contributed by atoms with van der Waals surface area (Å²) in [6, 6.07) is 52.1. The van der Waals surface area contributed by atoms with Crippen LogP contribution in [-0.2, 0) is 0 Å². The van der Waals surface area contributed by atoms with Gasteiger partial charge in [-0.05, 0) is 53.6 Å². The van der Waals surface area contributed by atoms with Crippen LogP contribution in [0.15, 0.2) is 162 Å². The zero-order chi connectivity index (χ0) is 32.3. The normalized spacial score (nSPS) is 11.7. The van der Waals surface area contributed by atoms with Gasteiger partial charge in [-0.1, -0.05) is 109 Å². The van der Waals surface area contributed by atoms with Gasteiger partial charge in [-0.15, -0.1) is 0 Å². The van der Waals surface area contributed by atoms with Crippen LogP contribution in [0.3, 0.4) is 0 Å². The minimum Gasteiger partial charge on any atom is -0.436 e. The molecule has 0 spiro atoms. The van der Waals surface area contributed by atoms with E-state index in [1.54, 1.807) is 0 Å². The fourth-order valence-corrected chi connectivity index (χ4v) is 6.89. The van der Waals surface area contributed by atoms with Gasteiger partial charge in [0.2, 0.25) is 5.89 Å². The van der Waals surface area contributed by atoms with E-state index in [9.17, 15) is 0 Å². The summed E-state index contributed by atoms with van der Waals surface area (Å²) in [6.07, 6.45) is 1.83. The van der Waals surface area contributed by atoms with Crippen LogP contribution in [0.4, 0.5) is 0 Å². The minimum atomic E-state index is 0.614. The first-order valence-corrected chi connectivity index (χ1v) is 16.3. The molecule has 228 valence electrons. The smallest absolute Gasteiger partial charge is 0.227 e. The van der Waals surface area contributed by atoms with Crippen LogP contribution in [0, 0.1) is 0 Å². The van der Waals surface area contributed by atoms with E-state index in [0.29, 0.717) is 5.89 Å². The van der Waals surface area contributed by atoms with Crippen molar-refractivity contribution in [2.45, 2.75) is 0 Å². The third-order valence-electron chi connectivity index (χ3n) is 9.35. The summed E-state index contributed by atoms with van der Waals surface area (Å²) < 4.78 is 6.26. The van der Waals surface area contributed by atoms with E-state index in [0.717, 1.165) is 93.8 Å². The molecule has 0 N–H and O–H groups in total. The van der Waals surface area contributed by atoms with Crippen LogP contribution in [0.5, 0.6) is 0 Å². The number of aromatic nitrogens is 4. The van der Waals surface area contributed by atoms with Crippen molar-refractivity contribution in [2.24, 2.45) is 0 Å². The molecule has 5 nitrogen and oxygen atoms in total. The highest BCUT2D eigenvalue weighted by atomic mass is 16.3. The Bertz CT molecular complexity index is 2860. The summed E-state index contributed by atoms with van der Waals surface area (Å²) in [5.41, 5.74) is 11.6. The Labute approximate surface area is 281 Å². The molecule has 0 saturated carbocycles. The number of benzene rings is 6. The minimum absolute atomic E-state index is 0.614. The third kappa shape index (κ3) is 4.55. The van der Waals surface area contributed by atoms with E-state index in [4.69, 9.17) is 19.4 Å². The topological polar surface area (TPSA) is 64.7 Å². The van der Waals surface area contributed by atoms with E-state index in [-0.39, 0.29) is 0 Å². The van der Waals surface area contributed by atoms with Gasteiger partial charge < -0.3 is 4.42 Å². The lowest BCUT2D eigenvalue weighted by molar-refractivity contribution is 0.620. The third-order valence-corrected chi connectivity index (χ3v) is 9.35. The number of hydrogen-bond acceptors (Lipinski definition) is 5. The lowest BCUT2D eigenvalue weighted by Gasteiger charge is -2.11. The van der Waals surface area contributed by atoms with Crippen molar-refractivity contribution in [2.75, 3.05) is 0 Å². The highest BCUT2D eigenvalue weighted by molar-refractivity contribution is 6.20. The Hall–Kier alpha value is -6.72. The van der Waals surface area contributed by atoms with Gasteiger partial charge in [-0.3, -0.25) is 4.98 Å². The van der Waals surface area contributed by atoms with Crippen molar-refractivity contribution in [1.82, 2.24) is 19.9 Å². The summed E-state index contributed by atoms with van der Waals surface area (Å²) in [5, 5.41) is 5.33. The Morgan fingerprint density at radius 1 is 0.408 bits per heavy atom. The first-order valence-electron chi connectivity index (χ1n) is 16.3. The van der Waals surface area contributed by atoms with Gasteiger partial charge in [-0.25, -0.2) is 15.0 Å². The molecule has 0 atom stereocenters. The second-order valence-electron chi connectivity index (χ2n) is 12.3. The molecular formula is C44H26N4O. The van der Waals surface area contributed by atoms with E-state index in [1.807, 2.05) is 54.7 Å². The number of hydrogen-bond donors (Lipinski definition) is 0. The molecule has 10 aromatic rings. The van der Waals surface area contributed by atoms with Crippen molar-refractivity contribution in [3.8, 4) is 45.1 Å². The SMILES string of the molecule is c1ccc(-c2nc3c(ccc4c(-c5ccc(-c6ccc(-c7ccc8ccc9cccnc9c8n7)cc6)cc5)nc5ccccc5c43)o2)cc1. The van der Waals surface area contributed by atoms with Gasteiger partial charge in [0.1, 0.15) is 5.52 Å². The van der Waals surface area contributed by atoms with Crippen LogP contribution in [0.1, 0.15) is 0 Å². The van der Waals surface area contributed by atoms with Gasteiger partial charge >= 0.3 is 0 Å².